The summed E-state index contributed by atoms with van der Waals surface area (Å²) in [6, 6.07) is 3.78. The summed E-state index contributed by atoms with van der Waals surface area (Å²) < 4.78 is 1.01. The molecule has 1 aromatic rings. The third-order valence-electron chi connectivity index (χ3n) is 2.93. The summed E-state index contributed by atoms with van der Waals surface area (Å²) >= 11 is 3.34. The van der Waals surface area contributed by atoms with Crippen molar-refractivity contribution in [1.82, 2.24) is 0 Å². The van der Waals surface area contributed by atoms with Crippen LogP contribution in [0.3, 0.4) is 0 Å². The number of hydrogen-bond donors (Lipinski definition) is 2. The molecule has 0 saturated carbocycles. The van der Waals surface area contributed by atoms with E-state index < -0.39 is 0 Å². The molecule has 0 radical (unpaired) electrons. The van der Waals surface area contributed by atoms with Crippen molar-refractivity contribution in [2.75, 3.05) is 0 Å². The first-order valence-corrected chi connectivity index (χ1v) is 7.81. The SMILES string of the molecule is CCCCCCC(C)O.Cc1cc(Br)cc(C)c1O. The summed E-state index contributed by atoms with van der Waals surface area (Å²) in [6.07, 6.45) is 5.93. The zero-order valence-corrected chi connectivity index (χ0v) is 14.1. The molecule has 0 amide bonds. The number of hydrogen-bond acceptors (Lipinski definition) is 2. The zero-order valence-electron chi connectivity index (χ0n) is 12.5. The molecule has 0 aliphatic carbocycles. The second kappa shape index (κ2) is 10.3. The van der Waals surface area contributed by atoms with Gasteiger partial charge in [-0.1, -0.05) is 48.5 Å². The van der Waals surface area contributed by atoms with Crippen LogP contribution >= 0.6 is 15.9 Å². The van der Waals surface area contributed by atoms with Gasteiger partial charge in [0.1, 0.15) is 5.75 Å². The van der Waals surface area contributed by atoms with Gasteiger partial charge in [-0.25, -0.2) is 0 Å². The number of rotatable bonds is 5. The van der Waals surface area contributed by atoms with E-state index in [2.05, 4.69) is 22.9 Å². The lowest BCUT2D eigenvalue weighted by Gasteiger charge is -2.02. The van der Waals surface area contributed by atoms with E-state index in [9.17, 15) is 5.11 Å². The Morgan fingerprint density at radius 3 is 2.05 bits per heavy atom. The molecule has 1 atom stereocenters. The van der Waals surface area contributed by atoms with Crippen LogP contribution in [0.1, 0.15) is 57.1 Å². The molecule has 0 bridgehead atoms. The van der Waals surface area contributed by atoms with Crippen molar-refractivity contribution in [3.63, 3.8) is 0 Å². The van der Waals surface area contributed by atoms with Crippen LogP contribution in [0.4, 0.5) is 0 Å². The van der Waals surface area contributed by atoms with Crippen molar-refractivity contribution in [1.29, 1.82) is 0 Å². The predicted molar refractivity (Wildman–Crippen MR) is 85.7 cm³/mol. The van der Waals surface area contributed by atoms with Crippen molar-refractivity contribution in [3.05, 3.63) is 27.7 Å². The number of aromatic hydroxyl groups is 1. The molecule has 3 heteroatoms. The van der Waals surface area contributed by atoms with Crippen LogP contribution in [0.25, 0.3) is 0 Å². The summed E-state index contributed by atoms with van der Waals surface area (Å²) in [6.45, 7) is 7.81. The van der Waals surface area contributed by atoms with E-state index in [-0.39, 0.29) is 6.10 Å². The van der Waals surface area contributed by atoms with Gasteiger partial charge >= 0.3 is 0 Å². The Balaban J connectivity index is 0.000000344. The molecular weight excluding hydrogens is 304 g/mol. The van der Waals surface area contributed by atoms with E-state index in [1.165, 1.54) is 25.7 Å². The molecule has 0 spiro atoms. The molecule has 0 saturated heterocycles. The van der Waals surface area contributed by atoms with Crippen molar-refractivity contribution < 1.29 is 10.2 Å². The van der Waals surface area contributed by atoms with Crippen molar-refractivity contribution in [3.8, 4) is 5.75 Å². The molecule has 0 fully saturated rings. The second-order valence-electron chi connectivity index (χ2n) is 5.09. The number of phenols is 1. The number of halogens is 1. The van der Waals surface area contributed by atoms with Gasteiger partial charge in [-0.2, -0.15) is 0 Å². The van der Waals surface area contributed by atoms with Gasteiger partial charge in [-0.15, -0.1) is 0 Å². The molecule has 1 rings (SSSR count). The van der Waals surface area contributed by atoms with Gasteiger partial charge in [0.15, 0.2) is 0 Å². The Morgan fingerprint density at radius 1 is 1.11 bits per heavy atom. The highest BCUT2D eigenvalue weighted by Gasteiger charge is 1.99. The molecule has 110 valence electrons. The van der Waals surface area contributed by atoms with Gasteiger partial charge in [0.2, 0.25) is 0 Å². The fourth-order valence-corrected chi connectivity index (χ4v) is 2.46. The third kappa shape index (κ3) is 9.06. The normalized spacial score (nSPS) is 11.7. The smallest absolute Gasteiger partial charge is 0.121 e. The number of aliphatic hydroxyl groups excluding tert-OH is 1. The highest BCUT2D eigenvalue weighted by Crippen LogP contribution is 2.25. The van der Waals surface area contributed by atoms with Crippen LogP contribution in [0.5, 0.6) is 5.75 Å². The molecule has 19 heavy (non-hydrogen) atoms. The lowest BCUT2D eigenvalue weighted by molar-refractivity contribution is 0.180. The Kier molecular flexibility index (Phi) is 9.98. The molecule has 0 aliphatic heterocycles. The van der Waals surface area contributed by atoms with Gasteiger partial charge < -0.3 is 10.2 Å². The van der Waals surface area contributed by atoms with E-state index in [4.69, 9.17) is 5.11 Å². The van der Waals surface area contributed by atoms with E-state index in [1.807, 2.05) is 32.9 Å². The Morgan fingerprint density at radius 2 is 1.63 bits per heavy atom. The van der Waals surface area contributed by atoms with E-state index >= 15 is 0 Å². The summed E-state index contributed by atoms with van der Waals surface area (Å²) in [4.78, 5) is 0. The molecule has 2 nitrogen and oxygen atoms in total. The first-order chi connectivity index (χ1) is 8.88. The number of benzene rings is 1. The molecule has 0 aliphatic rings. The topological polar surface area (TPSA) is 40.5 Å². The monoisotopic (exact) mass is 330 g/mol. The summed E-state index contributed by atoms with van der Waals surface area (Å²) in [5.74, 6) is 0.392. The molecule has 1 unspecified atom stereocenters. The molecule has 2 N–H and O–H groups in total. The minimum absolute atomic E-state index is 0.0955. The maximum absolute atomic E-state index is 9.31. The first kappa shape index (κ1) is 18.5. The van der Waals surface area contributed by atoms with Gasteiger partial charge in [0, 0.05) is 4.47 Å². The minimum atomic E-state index is -0.0955. The molecule has 0 aromatic heterocycles. The summed E-state index contributed by atoms with van der Waals surface area (Å²) in [7, 11) is 0. The van der Waals surface area contributed by atoms with Gasteiger partial charge in [-0.05, 0) is 50.5 Å². The highest BCUT2D eigenvalue weighted by atomic mass is 79.9. The Bertz CT molecular complexity index is 339. The molecule has 0 heterocycles. The van der Waals surface area contributed by atoms with E-state index in [0.717, 1.165) is 22.0 Å². The quantitative estimate of drug-likeness (QED) is 0.736. The van der Waals surface area contributed by atoms with Gasteiger partial charge in [-0.3, -0.25) is 0 Å². The number of unbranched alkanes of at least 4 members (excludes halogenated alkanes) is 3. The Labute approximate surface area is 126 Å². The summed E-state index contributed by atoms with van der Waals surface area (Å²) in [5.41, 5.74) is 1.82. The van der Waals surface area contributed by atoms with Crippen LogP contribution in [0.15, 0.2) is 16.6 Å². The van der Waals surface area contributed by atoms with Crippen LogP contribution in [-0.4, -0.2) is 16.3 Å². The predicted octanol–water partition coefficient (Wildman–Crippen LogP) is 5.11. The van der Waals surface area contributed by atoms with Crippen LogP contribution in [0, 0.1) is 13.8 Å². The van der Waals surface area contributed by atoms with Crippen molar-refractivity contribution >= 4 is 15.9 Å². The molecule has 1 aromatic carbocycles. The average Bonchev–Trinajstić information content (AvgIpc) is 2.32. The highest BCUT2D eigenvalue weighted by molar-refractivity contribution is 9.10. The minimum Gasteiger partial charge on any atom is -0.507 e. The lowest BCUT2D eigenvalue weighted by Crippen LogP contribution is -1.97. The number of aryl methyl sites for hydroxylation is 2. The number of aliphatic hydroxyl groups is 1. The molecular formula is C16H27BrO2. The van der Waals surface area contributed by atoms with Crippen LogP contribution < -0.4 is 0 Å². The lowest BCUT2D eigenvalue weighted by atomic mass is 10.1. The van der Waals surface area contributed by atoms with Crippen molar-refractivity contribution in [2.24, 2.45) is 0 Å². The van der Waals surface area contributed by atoms with E-state index in [0.29, 0.717) is 5.75 Å². The first-order valence-electron chi connectivity index (χ1n) is 7.02. The maximum Gasteiger partial charge on any atom is 0.121 e. The van der Waals surface area contributed by atoms with Crippen LogP contribution in [-0.2, 0) is 0 Å². The zero-order chi connectivity index (χ0) is 14.8. The van der Waals surface area contributed by atoms with Crippen molar-refractivity contribution in [2.45, 2.75) is 65.9 Å². The fraction of sp³-hybridized carbons (Fsp3) is 0.625. The summed E-state index contributed by atoms with van der Waals surface area (Å²) in [5, 5.41) is 18.2. The largest absolute Gasteiger partial charge is 0.507 e. The second-order valence-corrected chi connectivity index (χ2v) is 6.00. The van der Waals surface area contributed by atoms with E-state index in [1.54, 1.807) is 0 Å². The number of phenolic OH excluding ortho intramolecular Hbond substituents is 1. The standard InChI is InChI=1S/C8H9BrO.C8H18O/c1-5-3-7(9)4-6(2)8(5)10;1-3-4-5-6-7-8(2)9/h3-4,10H,1-2H3;8-9H,3-7H2,1-2H3. The maximum atomic E-state index is 9.31. The fourth-order valence-electron chi connectivity index (χ4n) is 1.77. The third-order valence-corrected chi connectivity index (χ3v) is 3.39. The van der Waals surface area contributed by atoms with Gasteiger partial charge in [0.05, 0.1) is 6.10 Å². The van der Waals surface area contributed by atoms with Crippen LogP contribution in [0.2, 0.25) is 0 Å². The van der Waals surface area contributed by atoms with Gasteiger partial charge in [0.25, 0.3) is 0 Å². The average molecular weight is 331 g/mol. The Hall–Kier alpha value is -0.540.